The van der Waals surface area contributed by atoms with E-state index in [1.807, 2.05) is 0 Å². The van der Waals surface area contributed by atoms with Crippen molar-refractivity contribution in [1.82, 2.24) is 18.8 Å². The Morgan fingerprint density at radius 1 is 0.559 bits per heavy atom. The summed E-state index contributed by atoms with van der Waals surface area (Å²) in [5, 5.41) is 3.05. The molecule has 0 fully saturated rings. The summed E-state index contributed by atoms with van der Waals surface area (Å²) in [5.41, 5.74) is 0.776. The van der Waals surface area contributed by atoms with E-state index in [2.05, 4.69) is 9.97 Å². The smallest absolute Gasteiger partial charge is 0.264 e. The molecule has 160 valence electrons. The lowest BCUT2D eigenvalue weighted by Gasteiger charge is -2.12. The predicted octanol–water partition coefficient (Wildman–Crippen LogP) is 4.62. The van der Waals surface area contributed by atoms with E-state index in [4.69, 9.17) is 0 Å². The second-order valence-electron chi connectivity index (χ2n) is 8.44. The molecule has 34 heavy (non-hydrogen) atoms. The van der Waals surface area contributed by atoms with Crippen LogP contribution in [0, 0.1) is 11.6 Å². The topological polar surface area (TPSA) is 68.7 Å². The average molecular weight is 448 g/mol. The maximum Gasteiger partial charge on any atom is 0.264 e. The SMILES string of the molecule is O=c1c2ccc3c(=O)n4c(nc5cccc(F)c54)c4ccc(c2c34)c2nc3cccc(F)c3n12. The second-order valence-corrected chi connectivity index (χ2v) is 8.44. The molecular formula is C26H10F2N4O2. The molecule has 0 saturated carbocycles. The number of halogens is 2. The van der Waals surface area contributed by atoms with E-state index in [1.165, 1.54) is 20.9 Å². The number of hydrogen-bond acceptors (Lipinski definition) is 4. The summed E-state index contributed by atoms with van der Waals surface area (Å²) < 4.78 is 32.0. The quantitative estimate of drug-likeness (QED) is 0.318. The van der Waals surface area contributed by atoms with Gasteiger partial charge >= 0.3 is 0 Å². The fourth-order valence-corrected chi connectivity index (χ4v) is 5.39. The molecule has 4 aromatic carbocycles. The van der Waals surface area contributed by atoms with Gasteiger partial charge < -0.3 is 0 Å². The van der Waals surface area contributed by atoms with Gasteiger partial charge in [-0.1, -0.05) is 12.1 Å². The Labute approximate surface area is 186 Å². The normalized spacial score (nSPS) is 12.6. The first kappa shape index (κ1) is 17.8. The number of hydrogen-bond donors (Lipinski definition) is 0. The molecule has 8 aromatic rings. The van der Waals surface area contributed by atoms with E-state index in [9.17, 15) is 18.4 Å². The number of pyridine rings is 2. The minimum atomic E-state index is -0.537. The van der Waals surface area contributed by atoms with Crippen LogP contribution in [0.4, 0.5) is 8.78 Å². The van der Waals surface area contributed by atoms with Gasteiger partial charge in [-0.2, -0.15) is 0 Å². The van der Waals surface area contributed by atoms with Gasteiger partial charge in [0.05, 0.1) is 11.0 Å². The van der Waals surface area contributed by atoms with Crippen molar-refractivity contribution in [3.63, 3.8) is 0 Å². The molecule has 8 heteroatoms. The third-order valence-electron chi connectivity index (χ3n) is 6.76. The highest BCUT2D eigenvalue weighted by Gasteiger charge is 2.23. The molecule has 0 saturated heterocycles. The summed E-state index contributed by atoms with van der Waals surface area (Å²) in [4.78, 5) is 36.2. The fraction of sp³-hybridized carbons (Fsp3) is 0. The van der Waals surface area contributed by atoms with Crippen molar-refractivity contribution in [3.05, 3.63) is 93.0 Å². The number of aromatic nitrogens is 4. The maximum atomic E-state index is 14.7. The van der Waals surface area contributed by atoms with Crippen LogP contribution in [0.3, 0.4) is 0 Å². The van der Waals surface area contributed by atoms with Gasteiger partial charge in [0.2, 0.25) is 0 Å². The van der Waals surface area contributed by atoms with Crippen LogP contribution in [0.2, 0.25) is 0 Å². The van der Waals surface area contributed by atoms with E-state index in [1.54, 1.807) is 48.5 Å². The molecule has 0 aliphatic carbocycles. The lowest BCUT2D eigenvalue weighted by molar-refractivity contribution is 0.635. The van der Waals surface area contributed by atoms with Crippen LogP contribution in [0.25, 0.3) is 65.7 Å². The maximum absolute atomic E-state index is 14.7. The Bertz CT molecular complexity index is 2140. The van der Waals surface area contributed by atoms with Crippen LogP contribution < -0.4 is 11.1 Å². The number of para-hydroxylation sites is 2. The van der Waals surface area contributed by atoms with Gasteiger partial charge in [0.25, 0.3) is 11.1 Å². The van der Waals surface area contributed by atoms with Crippen molar-refractivity contribution in [2.75, 3.05) is 0 Å². The zero-order valence-corrected chi connectivity index (χ0v) is 17.1. The highest BCUT2D eigenvalue weighted by Crippen LogP contribution is 2.37. The van der Waals surface area contributed by atoms with Gasteiger partial charge in [-0.15, -0.1) is 0 Å². The molecule has 0 bridgehead atoms. The van der Waals surface area contributed by atoms with Gasteiger partial charge in [0.1, 0.15) is 34.0 Å². The minimum Gasteiger partial charge on any atom is -0.268 e. The highest BCUT2D eigenvalue weighted by molar-refractivity contribution is 6.27. The summed E-state index contributed by atoms with van der Waals surface area (Å²) in [7, 11) is 0. The van der Waals surface area contributed by atoms with E-state index in [0.717, 1.165) is 0 Å². The largest absolute Gasteiger partial charge is 0.268 e. The zero-order chi connectivity index (χ0) is 22.9. The summed E-state index contributed by atoms with van der Waals surface area (Å²) in [6, 6.07) is 15.7. The van der Waals surface area contributed by atoms with Crippen molar-refractivity contribution in [2.45, 2.75) is 0 Å². The molecule has 6 nitrogen and oxygen atoms in total. The zero-order valence-electron chi connectivity index (χ0n) is 17.1. The van der Waals surface area contributed by atoms with Gasteiger partial charge in [-0.05, 0) is 48.5 Å². The molecule has 0 aliphatic heterocycles. The molecular weight excluding hydrogens is 438 g/mol. The number of rotatable bonds is 0. The van der Waals surface area contributed by atoms with E-state index in [0.29, 0.717) is 54.6 Å². The van der Waals surface area contributed by atoms with Crippen molar-refractivity contribution < 1.29 is 8.78 Å². The summed E-state index contributed by atoms with van der Waals surface area (Å²) in [6.45, 7) is 0. The number of fused-ring (bicyclic) bond motifs is 8. The Kier molecular flexibility index (Phi) is 2.93. The molecule has 4 heterocycles. The van der Waals surface area contributed by atoms with Gasteiger partial charge in [-0.25, -0.2) is 18.7 Å². The van der Waals surface area contributed by atoms with E-state index >= 15 is 0 Å². The molecule has 0 radical (unpaired) electrons. The van der Waals surface area contributed by atoms with E-state index < -0.39 is 22.8 Å². The molecule has 0 N–H and O–H groups in total. The number of imidazole rings is 2. The second kappa shape index (κ2) is 5.60. The minimum absolute atomic E-state index is 0.120. The lowest BCUT2D eigenvalue weighted by Crippen LogP contribution is -2.17. The monoisotopic (exact) mass is 448 g/mol. The molecule has 0 spiro atoms. The van der Waals surface area contributed by atoms with Crippen LogP contribution in [0.5, 0.6) is 0 Å². The number of benzene rings is 4. The standard InChI is InChI=1S/C26H10F2N4O2/c27-15-3-1-5-17-21(15)31-23(29-17)11-7-8-12-20-14(10-9-13(19(11)20)25(31)33)26(34)32-22-16(28)4-2-6-18(22)30-24(12)32/h1-10H. The number of nitrogens with zero attached hydrogens (tertiary/aromatic N) is 4. The van der Waals surface area contributed by atoms with Gasteiger partial charge in [0.15, 0.2) is 0 Å². The first-order chi connectivity index (χ1) is 16.5. The Morgan fingerprint density at radius 3 is 1.41 bits per heavy atom. The van der Waals surface area contributed by atoms with Crippen LogP contribution >= 0.6 is 0 Å². The van der Waals surface area contributed by atoms with Crippen LogP contribution in [-0.4, -0.2) is 18.8 Å². The first-order valence-electron chi connectivity index (χ1n) is 10.6. The molecule has 0 amide bonds. The third kappa shape index (κ3) is 1.84. The molecule has 4 aromatic heterocycles. The molecule has 8 rings (SSSR count). The molecule has 0 unspecified atom stereocenters. The molecule has 0 aliphatic rings. The van der Waals surface area contributed by atoms with Gasteiger partial charge in [-0.3, -0.25) is 18.4 Å². The van der Waals surface area contributed by atoms with Gasteiger partial charge in [0, 0.05) is 32.3 Å². The van der Waals surface area contributed by atoms with Crippen LogP contribution in [0.1, 0.15) is 0 Å². The Balaban J connectivity index is 1.72. The van der Waals surface area contributed by atoms with E-state index in [-0.39, 0.29) is 11.0 Å². The summed E-state index contributed by atoms with van der Waals surface area (Å²) in [5.74, 6) is -1.07. The third-order valence-corrected chi connectivity index (χ3v) is 6.76. The van der Waals surface area contributed by atoms with Crippen molar-refractivity contribution >= 4 is 65.7 Å². The summed E-state index contributed by atoms with van der Waals surface area (Å²) >= 11 is 0. The molecule has 0 atom stereocenters. The van der Waals surface area contributed by atoms with Crippen LogP contribution in [0.15, 0.2) is 70.3 Å². The summed E-state index contributed by atoms with van der Waals surface area (Å²) in [6.07, 6.45) is 0. The van der Waals surface area contributed by atoms with Crippen molar-refractivity contribution in [3.8, 4) is 0 Å². The first-order valence-corrected chi connectivity index (χ1v) is 10.6. The Morgan fingerprint density at radius 2 is 0.971 bits per heavy atom. The van der Waals surface area contributed by atoms with Crippen molar-refractivity contribution in [2.24, 2.45) is 0 Å². The Hall–Kier alpha value is -4.72. The fourth-order valence-electron chi connectivity index (χ4n) is 5.39. The van der Waals surface area contributed by atoms with Crippen LogP contribution in [-0.2, 0) is 0 Å². The van der Waals surface area contributed by atoms with Crippen molar-refractivity contribution in [1.29, 1.82) is 0 Å². The predicted molar refractivity (Wildman–Crippen MR) is 126 cm³/mol. The average Bonchev–Trinajstić information content (AvgIpc) is 3.42. The lowest BCUT2D eigenvalue weighted by atomic mass is 9.96. The highest BCUT2D eigenvalue weighted by atomic mass is 19.1.